The van der Waals surface area contributed by atoms with Gasteiger partial charge in [0, 0.05) is 12.1 Å². The summed E-state index contributed by atoms with van der Waals surface area (Å²) in [6.07, 6.45) is 4.37. The van der Waals surface area contributed by atoms with Crippen LogP contribution in [-0.2, 0) is 11.3 Å². The van der Waals surface area contributed by atoms with Crippen LogP contribution in [0, 0.1) is 20.8 Å². The molecule has 110 valence electrons. The number of rotatable bonds is 4. The zero-order valence-electron chi connectivity index (χ0n) is 12.6. The number of aryl methyl sites for hydroxylation is 4. The molecule has 0 aliphatic rings. The molecule has 3 nitrogen and oxygen atoms in total. The van der Waals surface area contributed by atoms with E-state index < -0.39 is 0 Å². The van der Waals surface area contributed by atoms with Crippen LogP contribution in [-0.4, -0.2) is 5.91 Å². The highest BCUT2D eigenvalue weighted by molar-refractivity contribution is 6.34. The van der Waals surface area contributed by atoms with Gasteiger partial charge in [-0.15, -0.1) is 0 Å². The van der Waals surface area contributed by atoms with Gasteiger partial charge in [-0.2, -0.15) is 0 Å². The van der Waals surface area contributed by atoms with Crippen LogP contribution < -0.4 is 9.88 Å². The minimum absolute atomic E-state index is 0.0306. The number of amides is 1. The maximum Gasteiger partial charge on any atom is 0.230 e. The van der Waals surface area contributed by atoms with E-state index in [0.29, 0.717) is 23.7 Å². The zero-order chi connectivity index (χ0) is 15.4. The average molecular weight is 304 g/mol. The molecule has 1 aromatic heterocycles. The molecular formula is C17H20ClN2O+. The maximum atomic E-state index is 12.1. The molecule has 0 spiro atoms. The Balaban J connectivity index is 1.97. The van der Waals surface area contributed by atoms with Crippen molar-refractivity contribution < 1.29 is 9.36 Å². The SMILES string of the molecule is Cc1cc[n+](CCC(=O)Nc2c(C)cc(C)cc2Cl)cc1. The first kappa shape index (κ1) is 15.5. The van der Waals surface area contributed by atoms with E-state index in [1.165, 1.54) is 5.56 Å². The lowest BCUT2D eigenvalue weighted by atomic mass is 10.1. The van der Waals surface area contributed by atoms with Crippen molar-refractivity contribution in [2.75, 3.05) is 5.32 Å². The van der Waals surface area contributed by atoms with E-state index in [0.717, 1.165) is 11.1 Å². The first-order valence-electron chi connectivity index (χ1n) is 6.98. The summed E-state index contributed by atoms with van der Waals surface area (Å²) in [5.74, 6) is -0.0306. The molecule has 2 aromatic rings. The monoisotopic (exact) mass is 303 g/mol. The van der Waals surface area contributed by atoms with Crippen molar-refractivity contribution in [2.24, 2.45) is 0 Å². The molecule has 0 radical (unpaired) electrons. The predicted octanol–water partition coefficient (Wildman–Crippen LogP) is 3.58. The molecule has 0 atom stereocenters. The van der Waals surface area contributed by atoms with Crippen LogP contribution in [0.15, 0.2) is 36.7 Å². The van der Waals surface area contributed by atoms with Crippen molar-refractivity contribution in [1.29, 1.82) is 0 Å². The first-order valence-corrected chi connectivity index (χ1v) is 7.36. The van der Waals surface area contributed by atoms with Gasteiger partial charge in [0.1, 0.15) is 0 Å². The quantitative estimate of drug-likeness (QED) is 0.860. The molecule has 0 saturated carbocycles. The normalized spacial score (nSPS) is 10.5. The van der Waals surface area contributed by atoms with Crippen molar-refractivity contribution in [1.82, 2.24) is 0 Å². The summed E-state index contributed by atoms with van der Waals surface area (Å²) in [6, 6.07) is 7.92. The first-order chi connectivity index (χ1) is 9.95. The number of nitrogens with zero attached hydrogens (tertiary/aromatic N) is 1. The molecule has 1 heterocycles. The van der Waals surface area contributed by atoms with Crippen LogP contribution in [0.1, 0.15) is 23.1 Å². The molecule has 0 saturated heterocycles. The van der Waals surface area contributed by atoms with Gasteiger partial charge in [-0.1, -0.05) is 17.7 Å². The number of benzene rings is 1. The van der Waals surface area contributed by atoms with E-state index in [1.54, 1.807) is 0 Å². The fourth-order valence-corrected chi connectivity index (χ4v) is 2.56. The largest absolute Gasteiger partial charge is 0.324 e. The van der Waals surface area contributed by atoms with E-state index >= 15 is 0 Å². The molecule has 4 heteroatoms. The minimum Gasteiger partial charge on any atom is -0.324 e. The number of hydrogen-bond acceptors (Lipinski definition) is 1. The van der Waals surface area contributed by atoms with Gasteiger partial charge in [0.2, 0.25) is 5.91 Å². The molecule has 0 fully saturated rings. The Morgan fingerprint density at radius 2 is 1.81 bits per heavy atom. The third kappa shape index (κ3) is 4.30. The highest BCUT2D eigenvalue weighted by Gasteiger charge is 2.11. The smallest absolute Gasteiger partial charge is 0.230 e. The van der Waals surface area contributed by atoms with Gasteiger partial charge < -0.3 is 5.32 Å². The molecule has 0 aliphatic carbocycles. The van der Waals surface area contributed by atoms with Gasteiger partial charge in [0.25, 0.3) is 0 Å². The highest BCUT2D eigenvalue weighted by atomic mass is 35.5. The fraction of sp³-hybridized carbons (Fsp3) is 0.294. The fourth-order valence-electron chi connectivity index (χ4n) is 2.19. The molecule has 1 aromatic carbocycles. The second-order valence-corrected chi connectivity index (χ2v) is 5.76. The number of nitrogens with one attached hydrogen (secondary N) is 1. The zero-order valence-corrected chi connectivity index (χ0v) is 13.4. The van der Waals surface area contributed by atoms with Crippen molar-refractivity contribution in [3.05, 3.63) is 58.4 Å². The summed E-state index contributed by atoms with van der Waals surface area (Å²) in [4.78, 5) is 12.1. The van der Waals surface area contributed by atoms with Crippen LogP contribution in [0.3, 0.4) is 0 Å². The Morgan fingerprint density at radius 1 is 1.14 bits per heavy atom. The average Bonchev–Trinajstić information content (AvgIpc) is 2.42. The third-order valence-electron chi connectivity index (χ3n) is 3.35. The van der Waals surface area contributed by atoms with Gasteiger partial charge >= 0.3 is 0 Å². The van der Waals surface area contributed by atoms with Crippen LogP contribution in [0.2, 0.25) is 5.02 Å². The summed E-state index contributed by atoms with van der Waals surface area (Å²) < 4.78 is 2.00. The number of halogens is 1. The molecule has 1 amide bonds. The molecule has 1 N–H and O–H groups in total. The van der Waals surface area contributed by atoms with E-state index in [2.05, 4.69) is 5.32 Å². The minimum atomic E-state index is -0.0306. The van der Waals surface area contributed by atoms with E-state index in [-0.39, 0.29) is 5.91 Å². The number of anilines is 1. The van der Waals surface area contributed by atoms with Crippen LogP contribution in [0.4, 0.5) is 5.69 Å². The number of pyridine rings is 1. The summed E-state index contributed by atoms with van der Waals surface area (Å²) in [7, 11) is 0. The van der Waals surface area contributed by atoms with E-state index in [9.17, 15) is 4.79 Å². The van der Waals surface area contributed by atoms with E-state index in [4.69, 9.17) is 11.6 Å². The molecule has 0 unspecified atom stereocenters. The molecule has 0 bridgehead atoms. The van der Waals surface area contributed by atoms with Gasteiger partial charge in [0.15, 0.2) is 18.9 Å². The second-order valence-electron chi connectivity index (χ2n) is 5.35. The number of aromatic nitrogens is 1. The standard InChI is InChI=1S/C17H19ClN2O/c1-12-4-7-20(8-5-12)9-6-16(21)19-17-14(3)10-13(2)11-15(17)18/h4-5,7-8,10-11H,6,9H2,1-3H3/p+1. The number of carbonyl (C=O) groups excluding carboxylic acids is 1. The Bertz CT molecular complexity index is 627. The summed E-state index contributed by atoms with van der Waals surface area (Å²) in [5, 5.41) is 3.49. The summed E-state index contributed by atoms with van der Waals surface area (Å²) in [6.45, 7) is 6.62. The highest BCUT2D eigenvalue weighted by Crippen LogP contribution is 2.27. The Labute approximate surface area is 130 Å². The molecular weight excluding hydrogens is 284 g/mol. The van der Waals surface area contributed by atoms with Gasteiger partial charge in [0.05, 0.1) is 17.1 Å². The van der Waals surface area contributed by atoms with Crippen LogP contribution in [0.25, 0.3) is 0 Å². The topological polar surface area (TPSA) is 33.0 Å². The predicted molar refractivity (Wildman–Crippen MR) is 85.5 cm³/mol. The van der Waals surface area contributed by atoms with Crippen LogP contribution in [0.5, 0.6) is 0 Å². The molecule has 0 aliphatic heterocycles. The van der Waals surface area contributed by atoms with Gasteiger partial charge in [-0.3, -0.25) is 4.79 Å². The van der Waals surface area contributed by atoms with Crippen molar-refractivity contribution >= 4 is 23.2 Å². The molecule has 2 rings (SSSR count). The summed E-state index contributed by atoms with van der Waals surface area (Å²) >= 11 is 6.19. The van der Waals surface area contributed by atoms with Crippen molar-refractivity contribution in [3.63, 3.8) is 0 Å². The van der Waals surface area contributed by atoms with Gasteiger partial charge in [-0.05, 0) is 43.5 Å². The Kier molecular flexibility index (Phi) is 4.97. The maximum absolute atomic E-state index is 12.1. The van der Waals surface area contributed by atoms with Crippen molar-refractivity contribution in [3.8, 4) is 0 Å². The Hall–Kier alpha value is -1.87. The lowest BCUT2D eigenvalue weighted by Gasteiger charge is -2.11. The van der Waals surface area contributed by atoms with Crippen LogP contribution >= 0.6 is 11.6 Å². The molecule has 21 heavy (non-hydrogen) atoms. The number of hydrogen-bond donors (Lipinski definition) is 1. The number of carbonyl (C=O) groups is 1. The third-order valence-corrected chi connectivity index (χ3v) is 3.65. The lowest BCUT2D eigenvalue weighted by molar-refractivity contribution is -0.695. The Morgan fingerprint density at radius 3 is 2.43 bits per heavy atom. The lowest BCUT2D eigenvalue weighted by Crippen LogP contribution is -2.34. The second kappa shape index (κ2) is 6.72. The van der Waals surface area contributed by atoms with Gasteiger partial charge in [-0.25, -0.2) is 4.57 Å². The van der Waals surface area contributed by atoms with E-state index in [1.807, 2.05) is 62.0 Å². The summed E-state index contributed by atoms with van der Waals surface area (Å²) in [5.41, 5.74) is 3.99. The van der Waals surface area contributed by atoms with Crippen molar-refractivity contribution in [2.45, 2.75) is 33.7 Å².